The van der Waals surface area contributed by atoms with Crippen molar-refractivity contribution in [2.24, 2.45) is 16.8 Å². The second-order valence-corrected chi connectivity index (χ2v) is 6.97. The Balaban J connectivity index is 1.94. The highest BCUT2D eigenvalue weighted by Gasteiger charge is 2.46. The summed E-state index contributed by atoms with van der Waals surface area (Å²) in [5.74, 6) is -4.38. The largest absolute Gasteiger partial charge is 0.468 e. The highest BCUT2D eigenvalue weighted by molar-refractivity contribution is 6.10. The Kier molecular flexibility index (Phi) is 6.30. The van der Waals surface area contributed by atoms with Gasteiger partial charge in [0.25, 0.3) is 0 Å². The van der Waals surface area contributed by atoms with Crippen LogP contribution >= 0.6 is 0 Å². The molecule has 0 radical (unpaired) electrons. The third-order valence-corrected chi connectivity index (χ3v) is 5.19. The fourth-order valence-electron chi connectivity index (χ4n) is 3.76. The van der Waals surface area contributed by atoms with Crippen LogP contribution in [0.3, 0.4) is 0 Å². The molecule has 3 rings (SSSR count). The molecule has 0 spiro atoms. The minimum absolute atomic E-state index is 0.00131. The summed E-state index contributed by atoms with van der Waals surface area (Å²) in [6, 6.07) is 13.5. The van der Waals surface area contributed by atoms with Gasteiger partial charge in [-0.15, -0.1) is 0 Å². The first kappa shape index (κ1) is 21.2. The molecule has 2 aromatic carbocycles. The van der Waals surface area contributed by atoms with Crippen molar-refractivity contribution in [3.05, 3.63) is 59.3 Å². The molecule has 0 fully saturated rings. The Bertz CT molecular complexity index is 1060. The van der Waals surface area contributed by atoms with E-state index >= 15 is 0 Å². The molecule has 1 heterocycles. The number of allylic oxidation sites excluding steroid dienone is 1. The standard InChI is InChI=1S/C23H23NO6/c1-13-18(21(25)28-3)20(19(14(2)24-13)22(26)29-4)23(27)30-12-16-10-7-9-15-8-5-6-11-17(15)16/h5-11,18,20H,12H2,1-4H3/t18?,20-/m0/s1. The summed E-state index contributed by atoms with van der Waals surface area (Å²) < 4.78 is 15.3. The lowest BCUT2D eigenvalue weighted by molar-refractivity contribution is -0.157. The third kappa shape index (κ3) is 3.96. The number of fused-ring (bicyclic) bond motifs is 1. The van der Waals surface area contributed by atoms with Crippen LogP contribution in [0.25, 0.3) is 10.8 Å². The zero-order valence-corrected chi connectivity index (χ0v) is 17.3. The lowest BCUT2D eigenvalue weighted by atomic mass is 9.80. The normalized spacial score (nSPS) is 18.6. The van der Waals surface area contributed by atoms with Gasteiger partial charge in [-0.1, -0.05) is 42.5 Å². The molecule has 7 heteroatoms. The SMILES string of the molecule is COC(=O)C1=C(C)N=C(C)C(C(=O)OC)[C@@H]1C(=O)OCc1cccc2ccccc12. The van der Waals surface area contributed by atoms with Crippen LogP contribution in [0.5, 0.6) is 0 Å². The van der Waals surface area contributed by atoms with Gasteiger partial charge < -0.3 is 14.2 Å². The quantitative estimate of drug-likeness (QED) is 0.556. The van der Waals surface area contributed by atoms with E-state index in [4.69, 9.17) is 14.2 Å². The Morgan fingerprint density at radius 2 is 1.60 bits per heavy atom. The molecule has 7 nitrogen and oxygen atoms in total. The van der Waals surface area contributed by atoms with Gasteiger partial charge in [0.15, 0.2) is 0 Å². The summed E-state index contributed by atoms with van der Waals surface area (Å²) in [5.41, 5.74) is 1.50. The summed E-state index contributed by atoms with van der Waals surface area (Å²) in [6.45, 7) is 3.20. The summed E-state index contributed by atoms with van der Waals surface area (Å²) >= 11 is 0. The molecule has 0 N–H and O–H groups in total. The van der Waals surface area contributed by atoms with Crippen LogP contribution < -0.4 is 0 Å². The summed E-state index contributed by atoms with van der Waals surface area (Å²) in [5, 5.41) is 1.98. The molecule has 0 aromatic heterocycles. The van der Waals surface area contributed by atoms with Crippen molar-refractivity contribution in [2.75, 3.05) is 14.2 Å². The number of esters is 3. The smallest absolute Gasteiger partial charge is 0.336 e. The summed E-state index contributed by atoms with van der Waals surface area (Å²) in [7, 11) is 2.43. The molecular formula is C23H23NO6. The van der Waals surface area contributed by atoms with Gasteiger partial charge in [0.1, 0.15) is 18.4 Å². The lowest BCUT2D eigenvalue weighted by Crippen LogP contribution is -2.42. The summed E-state index contributed by atoms with van der Waals surface area (Å²) in [6.07, 6.45) is 0. The number of nitrogens with zero attached hydrogens (tertiary/aromatic N) is 1. The Labute approximate surface area is 174 Å². The first-order chi connectivity index (χ1) is 14.4. The highest BCUT2D eigenvalue weighted by Crippen LogP contribution is 2.34. The number of benzene rings is 2. The second-order valence-electron chi connectivity index (χ2n) is 6.97. The molecule has 2 atom stereocenters. The first-order valence-corrected chi connectivity index (χ1v) is 9.44. The molecule has 1 aliphatic rings. The predicted octanol–water partition coefficient (Wildman–Crippen LogP) is 3.21. The van der Waals surface area contributed by atoms with Crippen LogP contribution in [0.15, 0.2) is 58.7 Å². The fourth-order valence-corrected chi connectivity index (χ4v) is 3.76. The topological polar surface area (TPSA) is 91.3 Å². The maximum Gasteiger partial charge on any atom is 0.336 e. The molecule has 0 saturated carbocycles. The molecule has 1 aliphatic heterocycles. The molecule has 30 heavy (non-hydrogen) atoms. The van der Waals surface area contributed by atoms with E-state index in [1.54, 1.807) is 13.8 Å². The van der Waals surface area contributed by atoms with E-state index in [1.165, 1.54) is 14.2 Å². The average Bonchev–Trinajstić information content (AvgIpc) is 2.75. The van der Waals surface area contributed by atoms with Crippen molar-refractivity contribution >= 4 is 34.4 Å². The fraction of sp³-hybridized carbons (Fsp3) is 0.304. The van der Waals surface area contributed by atoms with Gasteiger partial charge in [-0.05, 0) is 30.2 Å². The molecule has 1 unspecified atom stereocenters. The predicted molar refractivity (Wildman–Crippen MR) is 111 cm³/mol. The zero-order chi connectivity index (χ0) is 21.8. The average molecular weight is 409 g/mol. The molecule has 0 bridgehead atoms. The van der Waals surface area contributed by atoms with Crippen LogP contribution in [0, 0.1) is 11.8 Å². The van der Waals surface area contributed by atoms with Crippen molar-refractivity contribution < 1.29 is 28.6 Å². The highest BCUT2D eigenvalue weighted by atomic mass is 16.5. The molecule has 0 saturated heterocycles. The van der Waals surface area contributed by atoms with Crippen molar-refractivity contribution in [3.8, 4) is 0 Å². The zero-order valence-electron chi connectivity index (χ0n) is 17.3. The van der Waals surface area contributed by atoms with Crippen LogP contribution in [0.2, 0.25) is 0 Å². The minimum Gasteiger partial charge on any atom is -0.468 e. The van der Waals surface area contributed by atoms with Crippen LogP contribution in [0.1, 0.15) is 19.4 Å². The number of aliphatic imine (C=N–C) groups is 1. The Morgan fingerprint density at radius 3 is 2.30 bits per heavy atom. The minimum atomic E-state index is -1.20. The third-order valence-electron chi connectivity index (χ3n) is 5.19. The van der Waals surface area contributed by atoms with Crippen molar-refractivity contribution in [1.82, 2.24) is 0 Å². The van der Waals surface area contributed by atoms with Crippen LogP contribution in [-0.4, -0.2) is 37.8 Å². The van der Waals surface area contributed by atoms with E-state index in [0.717, 1.165) is 16.3 Å². The van der Waals surface area contributed by atoms with E-state index in [1.807, 2.05) is 42.5 Å². The van der Waals surface area contributed by atoms with Crippen LogP contribution in [-0.2, 0) is 35.2 Å². The molecule has 0 amide bonds. The first-order valence-electron chi connectivity index (χ1n) is 9.44. The Hall–Kier alpha value is -3.48. The molecular weight excluding hydrogens is 386 g/mol. The van der Waals surface area contributed by atoms with E-state index in [0.29, 0.717) is 11.4 Å². The van der Waals surface area contributed by atoms with Gasteiger partial charge >= 0.3 is 17.9 Å². The monoisotopic (exact) mass is 409 g/mol. The van der Waals surface area contributed by atoms with E-state index in [9.17, 15) is 14.4 Å². The number of methoxy groups -OCH3 is 2. The van der Waals surface area contributed by atoms with Gasteiger partial charge in [-0.25, -0.2) is 4.79 Å². The number of carbonyl (C=O) groups excluding carboxylic acids is 3. The van der Waals surface area contributed by atoms with Gasteiger partial charge in [-0.2, -0.15) is 0 Å². The lowest BCUT2D eigenvalue weighted by Gasteiger charge is -2.29. The van der Waals surface area contributed by atoms with Crippen molar-refractivity contribution in [3.63, 3.8) is 0 Å². The molecule has 0 aliphatic carbocycles. The van der Waals surface area contributed by atoms with Crippen LogP contribution in [0.4, 0.5) is 0 Å². The number of carbonyl (C=O) groups is 3. The number of ether oxygens (including phenoxy) is 3. The van der Waals surface area contributed by atoms with Gasteiger partial charge in [0.05, 0.1) is 19.8 Å². The van der Waals surface area contributed by atoms with Crippen molar-refractivity contribution in [2.45, 2.75) is 20.5 Å². The van der Waals surface area contributed by atoms with E-state index in [2.05, 4.69) is 4.99 Å². The van der Waals surface area contributed by atoms with Gasteiger partial charge in [0.2, 0.25) is 0 Å². The molecule has 156 valence electrons. The van der Waals surface area contributed by atoms with Gasteiger partial charge in [-0.3, -0.25) is 14.6 Å². The van der Waals surface area contributed by atoms with Crippen molar-refractivity contribution in [1.29, 1.82) is 0 Å². The van der Waals surface area contributed by atoms with E-state index < -0.39 is 29.7 Å². The van der Waals surface area contributed by atoms with E-state index in [-0.39, 0.29) is 12.2 Å². The van der Waals surface area contributed by atoms with Gasteiger partial charge in [0, 0.05) is 11.4 Å². The second kappa shape index (κ2) is 8.90. The maximum atomic E-state index is 13.1. The molecule has 2 aromatic rings. The number of hydrogen-bond acceptors (Lipinski definition) is 7. The number of rotatable bonds is 5. The number of hydrogen-bond donors (Lipinski definition) is 0. The maximum absolute atomic E-state index is 13.1. The summed E-state index contributed by atoms with van der Waals surface area (Å²) in [4.78, 5) is 42.2. The Morgan fingerprint density at radius 1 is 0.900 bits per heavy atom.